The maximum Gasteiger partial charge on any atom is 0.327 e. The molecule has 6 rings (SSSR count). The highest BCUT2D eigenvalue weighted by Crippen LogP contribution is 2.50. The van der Waals surface area contributed by atoms with E-state index in [1.54, 1.807) is 22.2 Å². The molecule has 1 saturated heterocycles. The summed E-state index contributed by atoms with van der Waals surface area (Å²) in [6.07, 6.45) is 12.4. The van der Waals surface area contributed by atoms with Crippen LogP contribution < -0.4 is 15.5 Å². The van der Waals surface area contributed by atoms with Crippen LogP contribution in [0.15, 0.2) is 48.3 Å². The molecule has 5 heterocycles. The van der Waals surface area contributed by atoms with Gasteiger partial charge in [-0.3, -0.25) is 19.5 Å². The number of carbonyl (C=O) groups excluding carboxylic acids is 3. The van der Waals surface area contributed by atoms with Gasteiger partial charge >= 0.3 is 6.03 Å². The average Bonchev–Trinajstić information content (AvgIpc) is 3.33. The largest absolute Gasteiger partial charge is 0.351 e. The molecular formula is C28H32N6O3S. The summed E-state index contributed by atoms with van der Waals surface area (Å²) < 4.78 is 0. The van der Waals surface area contributed by atoms with Crippen LogP contribution >= 0.6 is 11.8 Å². The summed E-state index contributed by atoms with van der Waals surface area (Å²) in [4.78, 5) is 51.6. The predicted molar refractivity (Wildman–Crippen MR) is 145 cm³/mol. The molecular weight excluding hydrogens is 500 g/mol. The molecule has 2 N–H and O–H groups in total. The van der Waals surface area contributed by atoms with Crippen molar-refractivity contribution in [3.63, 3.8) is 0 Å². The van der Waals surface area contributed by atoms with Gasteiger partial charge in [-0.1, -0.05) is 37.6 Å². The number of amides is 4. The number of aromatic nitrogens is 2. The summed E-state index contributed by atoms with van der Waals surface area (Å²) in [7, 11) is 0. The molecule has 2 fully saturated rings. The molecule has 1 aliphatic carbocycles. The molecule has 2 unspecified atom stereocenters. The number of nitrogens with zero attached hydrogens (tertiary/aromatic N) is 4. The van der Waals surface area contributed by atoms with Crippen LogP contribution in [-0.4, -0.2) is 57.1 Å². The summed E-state index contributed by atoms with van der Waals surface area (Å²) in [5.41, 5.74) is 3.44. The molecule has 0 bridgehead atoms. The zero-order valence-electron chi connectivity index (χ0n) is 21.3. The molecule has 3 atom stereocenters. The minimum absolute atomic E-state index is 0.122. The van der Waals surface area contributed by atoms with Crippen molar-refractivity contribution in [1.29, 1.82) is 0 Å². The fourth-order valence-corrected chi connectivity index (χ4v) is 7.42. The van der Waals surface area contributed by atoms with E-state index < -0.39 is 11.3 Å². The Morgan fingerprint density at radius 3 is 2.74 bits per heavy atom. The predicted octanol–water partition coefficient (Wildman–Crippen LogP) is 4.19. The van der Waals surface area contributed by atoms with Gasteiger partial charge in [-0.05, 0) is 50.0 Å². The van der Waals surface area contributed by atoms with Crippen LogP contribution in [0.25, 0.3) is 0 Å². The van der Waals surface area contributed by atoms with Crippen molar-refractivity contribution in [1.82, 2.24) is 25.5 Å². The van der Waals surface area contributed by atoms with Crippen molar-refractivity contribution in [2.45, 2.75) is 73.2 Å². The Kier molecular flexibility index (Phi) is 6.82. The van der Waals surface area contributed by atoms with Gasteiger partial charge in [0, 0.05) is 48.7 Å². The van der Waals surface area contributed by atoms with E-state index in [9.17, 15) is 14.4 Å². The summed E-state index contributed by atoms with van der Waals surface area (Å²) >= 11 is 1.38. The summed E-state index contributed by atoms with van der Waals surface area (Å²) in [5, 5.41) is 6.44. The Balaban J connectivity index is 1.23. The number of piperidine rings is 1. The minimum Gasteiger partial charge on any atom is -0.351 e. The Labute approximate surface area is 226 Å². The average molecular weight is 533 g/mol. The van der Waals surface area contributed by atoms with Gasteiger partial charge in [0.05, 0.1) is 17.4 Å². The number of hydrogen-bond acceptors (Lipinski definition) is 6. The minimum atomic E-state index is -0.537. The number of urea groups is 1. The van der Waals surface area contributed by atoms with Crippen LogP contribution in [0.1, 0.15) is 68.2 Å². The Bertz CT molecular complexity index is 1280. The van der Waals surface area contributed by atoms with E-state index in [4.69, 9.17) is 0 Å². The van der Waals surface area contributed by atoms with Crippen LogP contribution in [0.3, 0.4) is 0 Å². The van der Waals surface area contributed by atoms with Crippen LogP contribution in [0, 0.1) is 0 Å². The van der Waals surface area contributed by atoms with Gasteiger partial charge in [-0.2, -0.15) is 0 Å². The highest BCUT2D eigenvalue weighted by atomic mass is 32.2. The van der Waals surface area contributed by atoms with Crippen LogP contribution in [0.5, 0.6) is 0 Å². The highest BCUT2D eigenvalue weighted by molar-refractivity contribution is 8.01. The molecule has 4 amide bonds. The lowest BCUT2D eigenvalue weighted by molar-refractivity contribution is -0.129. The van der Waals surface area contributed by atoms with Gasteiger partial charge in [0.15, 0.2) is 0 Å². The van der Waals surface area contributed by atoms with E-state index in [0.29, 0.717) is 19.0 Å². The van der Waals surface area contributed by atoms with Gasteiger partial charge in [-0.25, -0.2) is 9.78 Å². The lowest BCUT2D eigenvalue weighted by atomic mass is 9.86. The molecule has 2 aromatic heterocycles. The van der Waals surface area contributed by atoms with Gasteiger partial charge < -0.3 is 15.5 Å². The third kappa shape index (κ3) is 4.55. The number of anilines is 2. The number of thioether (sulfide) groups is 1. The molecule has 1 saturated carbocycles. The Morgan fingerprint density at radius 2 is 1.92 bits per heavy atom. The second kappa shape index (κ2) is 10.4. The number of nitrogens with one attached hydrogen (secondary N) is 2. The second-order valence-corrected chi connectivity index (χ2v) is 11.6. The van der Waals surface area contributed by atoms with Gasteiger partial charge in [0.25, 0.3) is 0 Å². The maximum atomic E-state index is 13.5. The molecule has 3 aliphatic heterocycles. The van der Waals surface area contributed by atoms with E-state index in [-0.39, 0.29) is 23.9 Å². The monoisotopic (exact) mass is 532 g/mol. The van der Waals surface area contributed by atoms with E-state index in [1.165, 1.54) is 37.1 Å². The third-order valence-corrected chi connectivity index (χ3v) is 9.35. The van der Waals surface area contributed by atoms with Crippen molar-refractivity contribution >= 4 is 41.0 Å². The van der Waals surface area contributed by atoms with E-state index in [2.05, 4.69) is 27.2 Å². The van der Waals surface area contributed by atoms with Gasteiger partial charge in [0.1, 0.15) is 10.3 Å². The van der Waals surface area contributed by atoms with Gasteiger partial charge in [-0.15, -0.1) is 0 Å². The van der Waals surface area contributed by atoms with Crippen molar-refractivity contribution < 1.29 is 14.4 Å². The zero-order valence-corrected chi connectivity index (χ0v) is 22.1. The fourth-order valence-electron chi connectivity index (χ4n) is 6.19. The molecule has 4 aliphatic rings. The number of rotatable bonds is 5. The molecule has 198 valence electrons. The third-order valence-electron chi connectivity index (χ3n) is 8.06. The highest BCUT2D eigenvalue weighted by Gasteiger charge is 2.47. The van der Waals surface area contributed by atoms with Crippen LogP contribution in [-0.2, 0) is 9.59 Å². The maximum absolute atomic E-state index is 13.5. The molecule has 0 spiro atoms. The molecule has 9 nitrogen and oxygen atoms in total. The van der Waals surface area contributed by atoms with Crippen LogP contribution in [0.2, 0.25) is 0 Å². The van der Waals surface area contributed by atoms with Crippen molar-refractivity contribution in [3.8, 4) is 0 Å². The first-order valence-corrected chi connectivity index (χ1v) is 14.4. The lowest BCUT2D eigenvalue weighted by Crippen LogP contribution is -2.53. The first-order valence-electron chi connectivity index (χ1n) is 13.5. The molecule has 0 radical (unpaired) electrons. The number of carbonyl (C=O) groups is 3. The molecule has 2 aromatic rings. The Hall–Kier alpha value is -3.40. The van der Waals surface area contributed by atoms with Crippen molar-refractivity contribution in [3.05, 3.63) is 54.5 Å². The quantitative estimate of drug-likeness (QED) is 0.559. The first kappa shape index (κ1) is 24.9. The van der Waals surface area contributed by atoms with E-state index in [1.807, 2.05) is 18.2 Å². The molecule has 38 heavy (non-hydrogen) atoms. The van der Waals surface area contributed by atoms with E-state index in [0.717, 1.165) is 53.3 Å². The van der Waals surface area contributed by atoms with Crippen molar-refractivity contribution in [2.75, 3.05) is 18.0 Å². The number of pyridine rings is 2. The van der Waals surface area contributed by atoms with Crippen LogP contribution in [0.4, 0.5) is 16.2 Å². The fraction of sp³-hybridized carbons (Fsp3) is 0.464. The Morgan fingerprint density at radius 1 is 1.11 bits per heavy atom. The standard InChI is InChI=1S/C28H32N6O3S/c1-2-22(35)33-14-6-9-18(16-33)31-26(36)25-24-23-21(11-13-30-27(23)38-25)34(28(37)32-24)19-10-12-29-20(15-19)17-7-4-3-5-8-17/h2,10-13,15,17-18,24-25H,1,3-9,14,16H2,(H,31,36)(H,32,37)/t18?,24?,25-/m1/s1. The second-order valence-electron chi connectivity index (χ2n) is 10.5. The molecule has 0 aromatic carbocycles. The summed E-state index contributed by atoms with van der Waals surface area (Å²) in [5.74, 6) is 0.149. The number of likely N-dealkylation sites (tertiary alicyclic amines) is 1. The topological polar surface area (TPSA) is 108 Å². The van der Waals surface area contributed by atoms with E-state index >= 15 is 0 Å². The normalized spacial score (nSPS) is 24.9. The SMILES string of the molecule is C=CC(=O)N1CCCC(NC(=O)[C@@H]2Sc3nccc4c3C2NC(=O)N4c2ccnc(C3CCCCC3)c2)C1. The first-order chi connectivity index (χ1) is 18.5. The van der Waals surface area contributed by atoms with Crippen molar-refractivity contribution in [2.24, 2.45) is 0 Å². The lowest BCUT2D eigenvalue weighted by Gasteiger charge is -2.35. The molecule has 10 heteroatoms. The van der Waals surface area contributed by atoms with Gasteiger partial charge in [0.2, 0.25) is 11.8 Å². The summed E-state index contributed by atoms with van der Waals surface area (Å²) in [6.45, 7) is 4.70. The zero-order chi connectivity index (χ0) is 26.2. The number of hydrogen-bond donors (Lipinski definition) is 2. The summed E-state index contributed by atoms with van der Waals surface area (Å²) in [6, 6.07) is 4.88. The smallest absolute Gasteiger partial charge is 0.327 e.